The van der Waals surface area contributed by atoms with Crippen LogP contribution in [0.1, 0.15) is 43.5 Å². The minimum Gasteiger partial charge on any atom is -0.338 e. The van der Waals surface area contributed by atoms with Gasteiger partial charge in [-0.3, -0.25) is 4.90 Å². The standard InChI is InChI=1S/C18H26N4O/c1-2-12-22(16-8-10-19-11-9-16)14-18-20-17(21-23-18)13-15-6-4-3-5-7-15/h3-7,16,19H,2,8-14H2,1H3. The van der Waals surface area contributed by atoms with Crippen LogP contribution in [0.2, 0.25) is 0 Å². The van der Waals surface area contributed by atoms with Crippen molar-refractivity contribution in [3.05, 3.63) is 47.6 Å². The quantitative estimate of drug-likeness (QED) is 0.851. The van der Waals surface area contributed by atoms with Crippen molar-refractivity contribution in [1.29, 1.82) is 0 Å². The minimum absolute atomic E-state index is 0.626. The predicted octanol–water partition coefficient (Wildman–Crippen LogP) is 2.62. The molecule has 0 bridgehead atoms. The summed E-state index contributed by atoms with van der Waals surface area (Å²) < 4.78 is 5.49. The average Bonchev–Trinajstić information content (AvgIpc) is 3.03. The molecule has 23 heavy (non-hydrogen) atoms. The molecule has 0 spiro atoms. The van der Waals surface area contributed by atoms with Crippen LogP contribution in [0.5, 0.6) is 0 Å². The van der Waals surface area contributed by atoms with Crippen LogP contribution in [-0.2, 0) is 13.0 Å². The number of hydrogen-bond donors (Lipinski definition) is 1. The highest BCUT2D eigenvalue weighted by Crippen LogP contribution is 2.16. The van der Waals surface area contributed by atoms with E-state index in [-0.39, 0.29) is 0 Å². The van der Waals surface area contributed by atoms with Gasteiger partial charge in [0.1, 0.15) is 0 Å². The van der Waals surface area contributed by atoms with Crippen LogP contribution in [0.15, 0.2) is 34.9 Å². The Bertz CT molecular complexity index is 578. The summed E-state index contributed by atoms with van der Waals surface area (Å²) in [6.45, 7) is 6.28. The molecule has 0 aliphatic carbocycles. The van der Waals surface area contributed by atoms with Crippen LogP contribution in [0.3, 0.4) is 0 Å². The van der Waals surface area contributed by atoms with Gasteiger partial charge in [0, 0.05) is 12.5 Å². The number of piperidine rings is 1. The monoisotopic (exact) mass is 314 g/mol. The van der Waals surface area contributed by atoms with Crippen LogP contribution in [0.4, 0.5) is 0 Å². The molecule has 2 heterocycles. The largest absolute Gasteiger partial charge is 0.338 e. The molecule has 0 radical (unpaired) electrons. The smallest absolute Gasteiger partial charge is 0.240 e. The van der Waals surface area contributed by atoms with Gasteiger partial charge >= 0.3 is 0 Å². The van der Waals surface area contributed by atoms with Crippen LogP contribution < -0.4 is 5.32 Å². The topological polar surface area (TPSA) is 54.2 Å². The molecular weight excluding hydrogens is 288 g/mol. The molecule has 0 unspecified atom stereocenters. The second kappa shape index (κ2) is 8.22. The summed E-state index contributed by atoms with van der Waals surface area (Å²) in [7, 11) is 0. The molecule has 124 valence electrons. The molecular formula is C18H26N4O. The van der Waals surface area contributed by atoms with E-state index in [2.05, 4.69) is 39.4 Å². The fourth-order valence-electron chi connectivity index (χ4n) is 3.23. The molecule has 1 aliphatic rings. The van der Waals surface area contributed by atoms with Crippen molar-refractivity contribution in [3.63, 3.8) is 0 Å². The van der Waals surface area contributed by atoms with Crippen LogP contribution in [0.25, 0.3) is 0 Å². The highest BCUT2D eigenvalue weighted by Gasteiger charge is 2.22. The third-order valence-electron chi connectivity index (χ3n) is 4.39. The molecule has 0 atom stereocenters. The van der Waals surface area contributed by atoms with E-state index < -0.39 is 0 Å². The first kappa shape index (κ1) is 16.1. The van der Waals surface area contributed by atoms with Gasteiger partial charge in [-0.1, -0.05) is 42.4 Å². The fraction of sp³-hybridized carbons (Fsp3) is 0.556. The molecule has 1 saturated heterocycles. The Morgan fingerprint density at radius 3 is 2.74 bits per heavy atom. The van der Waals surface area contributed by atoms with Gasteiger partial charge in [0.2, 0.25) is 5.89 Å². The summed E-state index contributed by atoms with van der Waals surface area (Å²) >= 11 is 0. The van der Waals surface area contributed by atoms with Crippen LogP contribution in [-0.4, -0.2) is 40.7 Å². The number of nitrogens with zero attached hydrogens (tertiary/aromatic N) is 3. The Kier molecular flexibility index (Phi) is 5.77. The van der Waals surface area contributed by atoms with Gasteiger partial charge in [0.15, 0.2) is 5.82 Å². The summed E-state index contributed by atoms with van der Waals surface area (Å²) in [5.41, 5.74) is 1.21. The van der Waals surface area contributed by atoms with E-state index in [9.17, 15) is 0 Å². The molecule has 2 aromatic rings. The van der Waals surface area contributed by atoms with E-state index in [0.717, 1.165) is 50.7 Å². The molecule has 1 aliphatic heterocycles. The lowest BCUT2D eigenvalue weighted by molar-refractivity contribution is 0.137. The number of aromatic nitrogens is 2. The molecule has 3 rings (SSSR count). The van der Waals surface area contributed by atoms with E-state index >= 15 is 0 Å². The lowest BCUT2D eigenvalue weighted by Gasteiger charge is -2.33. The normalized spacial score (nSPS) is 16.1. The second-order valence-corrected chi connectivity index (χ2v) is 6.22. The molecule has 5 nitrogen and oxygen atoms in total. The van der Waals surface area contributed by atoms with Gasteiger partial charge in [0.05, 0.1) is 6.54 Å². The Morgan fingerprint density at radius 1 is 1.22 bits per heavy atom. The van der Waals surface area contributed by atoms with Crippen molar-refractivity contribution < 1.29 is 4.52 Å². The maximum atomic E-state index is 5.49. The second-order valence-electron chi connectivity index (χ2n) is 6.22. The number of benzene rings is 1. The number of nitrogens with one attached hydrogen (secondary N) is 1. The summed E-state index contributed by atoms with van der Waals surface area (Å²) in [6, 6.07) is 10.9. The van der Waals surface area contributed by atoms with Gasteiger partial charge in [-0.25, -0.2) is 0 Å². The first-order chi connectivity index (χ1) is 11.3. The van der Waals surface area contributed by atoms with Crippen molar-refractivity contribution in [2.24, 2.45) is 0 Å². The molecule has 1 aromatic carbocycles. The maximum Gasteiger partial charge on any atom is 0.240 e. The SMILES string of the molecule is CCCN(Cc1nc(Cc2ccccc2)no1)C1CCNCC1. The highest BCUT2D eigenvalue weighted by molar-refractivity contribution is 5.18. The third kappa shape index (κ3) is 4.62. The summed E-state index contributed by atoms with van der Waals surface area (Å²) in [5.74, 6) is 1.51. The Labute approximate surface area is 138 Å². The lowest BCUT2D eigenvalue weighted by atomic mass is 10.0. The molecule has 1 aromatic heterocycles. The zero-order valence-corrected chi connectivity index (χ0v) is 13.9. The van der Waals surface area contributed by atoms with Gasteiger partial charge in [-0.15, -0.1) is 0 Å². The van der Waals surface area contributed by atoms with Crippen LogP contribution in [0, 0.1) is 0 Å². The number of hydrogen-bond acceptors (Lipinski definition) is 5. The first-order valence-electron chi connectivity index (χ1n) is 8.65. The summed E-state index contributed by atoms with van der Waals surface area (Å²) in [5, 5.41) is 7.57. The van der Waals surface area contributed by atoms with Crippen molar-refractivity contribution in [2.45, 2.75) is 45.2 Å². The Morgan fingerprint density at radius 2 is 2.00 bits per heavy atom. The fourth-order valence-corrected chi connectivity index (χ4v) is 3.23. The van der Waals surface area contributed by atoms with Crippen molar-refractivity contribution in [3.8, 4) is 0 Å². The van der Waals surface area contributed by atoms with Gasteiger partial charge in [-0.2, -0.15) is 4.98 Å². The zero-order chi connectivity index (χ0) is 15.9. The van der Waals surface area contributed by atoms with Gasteiger partial charge < -0.3 is 9.84 Å². The summed E-state index contributed by atoms with van der Waals surface area (Å²) in [4.78, 5) is 7.09. The number of rotatable bonds is 7. The molecule has 0 amide bonds. The van der Waals surface area contributed by atoms with E-state index in [4.69, 9.17) is 4.52 Å². The van der Waals surface area contributed by atoms with Crippen LogP contribution >= 0.6 is 0 Å². The molecule has 1 N–H and O–H groups in total. The first-order valence-corrected chi connectivity index (χ1v) is 8.65. The zero-order valence-electron chi connectivity index (χ0n) is 13.9. The Hall–Kier alpha value is -1.72. The maximum absolute atomic E-state index is 5.49. The summed E-state index contributed by atoms with van der Waals surface area (Å²) in [6.07, 6.45) is 4.27. The average molecular weight is 314 g/mol. The minimum atomic E-state index is 0.626. The van der Waals surface area contributed by atoms with Crippen molar-refractivity contribution in [1.82, 2.24) is 20.4 Å². The molecule has 0 saturated carbocycles. The predicted molar refractivity (Wildman–Crippen MR) is 90.1 cm³/mol. The van der Waals surface area contributed by atoms with Crippen molar-refractivity contribution >= 4 is 0 Å². The Balaban J connectivity index is 1.61. The molecule has 1 fully saturated rings. The third-order valence-corrected chi connectivity index (χ3v) is 4.39. The van der Waals surface area contributed by atoms with E-state index in [1.54, 1.807) is 0 Å². The molecule has 5 heteroatoms. The van der Waals surface area contributed by atoms with Crippen molar-refractivity contribution in [2.75, 3.05) is 19.6 Å². The highest BCUT2D eigenvalue weighted by atomic mass is 16.5. The van der Waals surface area contributed by atoms with E-state index in [0.29, 0.717) is 6.04 Å². The lowest BCUT2D eigenvalue weighted by Crippen LogP contribution is -2.43. The van der Waals surface area contributed by atoms with Gasteiger partial charge in [0.25, 0.3) is 0 Å². The van der Waals surface area contributed by atoms with Gasteiger partial charge in [-0.05, 0) is 44.5 Å². The van der Waals surface area contributed by atoms with E-state index in [1.807, 2.05) is 18.2 Å². The van der Waals surface area contributed by atoms with E-state index in [1.165, 1.54) is 18.4 Å².